The third kappa shape index (κ3) is 3.34. The van der Waals surface area contributed by atoms with Gasteiger partial charge < -0.3 is 9.84 Å². The fourth-order valence-electron chi connectivity index (χ4n) is 2.96. The van der Waals surface area contributed by atoms with Crippen molar-refractivity contribution in [1.82, 2.24) is 15.5 Å². The molecule has 28 heavy (non-hydrogen) atoms. The normalized spacial score (nSPS) is 11.0. The summed E-state index contributed by atoms with van der Waals surface area (Å²) in [7, 11) is 0. The van der Waals surface area contributed by atoms with E-state index in [9.17, 15) is 13.6 Å². The van der Waals surface area contributed by atoms with Crippen LogP contribution in [0.4, 0.5) is 8.78 Å². The molecule has 0 bridgehead atoms. The molecule has 4 aromatic rings. The molecule has 140 valence electrons. The monoisotopic (exact) mass is 379 g/mol. The van der Waals surface area contributed by atoms with Gasteiger partial charge in [0.15, 0.2) is 0 Å². The van der Waals surface area contributed by atoms with Gasteiger partial charge in [0.25, 0.3) is 11.6 Å². The zero-order chi connectivity index (χ0) is 19.7. The van der Waals surface area contributed by atoms with Crippen LogP contribution in [0.1, 0.15) is 21.6 Å². The Labute approximate surface area is 159 Å². The van der Waals surface area contributed by atoms with Crippen LogP contribution in [0.15, 0.2) is 59.1 Å². The van der Waals surface area contributed by atoms with Gasteiger partial charge in [0.1, 0.15) is 11.6 Å². The summed E-state index contributed by atoms with van der Waals surface area (Å²) in [5, 5.41) is 7.13. The van der Waals surface area contributed by atoms with Gasteiger partial charge in [0.05, 0.1) is 22.3 Å². The van der Waals surface area contributed by atoms with Crippen LogP contribution in [0.5, 0.6) is 0 Å². The van der Waals surface area contributed by atoms with E-state index < -0.39 is 5.82 Å². The Hall–Kier alpha value is -3.61. The number of aromatic nitrogens is 2. The maximum Gasteiger partial charge on any atom is 0.259 e. The van der Waals surface area contributed by atoms with Crippen molar-refractivity contribution in [3.8, 4) is 11.3 Å². The van der Waals surface area contributed by atoms with E-state index in [1.165, 1.54) is 24.3 Å². The zero-order valence-corrected chi connectivity index (χ0v) is 14.9. The summed E-state index contributed by atoms with van der Waals surface area (Å²) in [6.07, 6.45) is 0. The molecule has 2 heterocycles. The fourth-order valence-corrected chi connectivity index (χ4v) is 2.96. The molecular formula is C21H15F2N3O2. The average molecular weight is 379 g/mol. The lowest BCUT2D eigenvalue weighted by Gasteiger charge is -2.09. The number of halogens is 2. The van der Waals surface area contributed by atoms with Crippen LogP contribution in [0.3, 0.4) is 0 Å². The van der Waals surface area contributed by atoms with Crippen molar-refractivity contribution < 1.29 is 18.1 Å². The van der Waals surface area contributed by atoms with E-state index in [-0.39, 0.29) is 40.8 Å². The molecule has 0 aliphatic rings. The van der Waals surface area contributed by atoms with E-state index in [1.807, 2.05) is 0 Å². The smallest absolute Gasteiger partial charge is 0.259 e. The Bertz CT molecular complexity index is 1170. The predicted octanol–water partition coefficient (Wildman–Crippen LogP) is 4.41. The zero-order valence-electron chi connectivity index (χ0n) is 14.9. The number of benzene rings is 2. The van der Waals surface area contributed by atoms with Crippen molar-refractivity contribution in [1.29, 1.82) is 0 Å². The van der Waals surface area contributed by atoms with E-state index in [0.717, 1.165) is 5.56 Å². The number of pyridine rings is 1. The van der Waals surface area contributed by atoms with Crippen LogP contribution in [-0.4, -0.2) is 16.0 Å². The lowest BCUT2D eigenvalue weighted by atomic mass is 10.0. The van der Waals surface area contributed by atoms with Crippen molar-refractivity contribution in [2.45, 2.75) is 13.5 Å². The van der Waals surface area contributed by atoms with Gasteiger partial charge in [-0.05, 0) is 42.8 Å². The Morgan fingerprint density at radius 2 is 1.86 bits per heavy atom. The van der Waals surface area contributed by atoms with Crippen LogP contribution >= 0.6 is 0 Å². The fraction of sp³-hybridized carbons (Fsp3) is 0.0952. The second-order valence-corrected chi connectivity index (χ2v) is 6.29. The molecule has 1 N–H and O–H groups in total. The first-order chi connectivity index (χ1) is 13.5. The third-order valence-electron chi connectivity index (χ3n) is 4.38. The minimum atomic E-state index is -0.455. The summed E-state index contributed by atoms with van der Waals surface area (Å²) in [5.74, 6) is -1.19. The highest BCUT2D eigenvalue weighted by Crippen LogP contribution is 2.28. The lowest BCUT2D eigenvalue weighted by molar-refractivity contribution is 0.0952. The number of rotatable bonds is 4. The van der Waals surface area contributed by atoms with E-state index in [2.05, 4.69) is 15.5 Å². The molecule has 0 radical (unpaired) electrons. The quantitative estimate of drug-likeness (QED) is 0.570. The van der Waals surface area contributed by atoms with E-state index in [1.54, 1.807) is 37.3 Å². The summed E-state index contributed by atoms with van der Waals surface area (Å²) < 4.78 is 32.4. The van der Waals surface area contributed by atoms with Gasteiger partial charge in [-0.2, -0.15) is 0 Å². The minimum absolute atomic E-state index is 0.158. The van der Waals surface area contributed by atoms with Gasteiger partial charge in [0.2, 0.25) is 0 Å². The maximum atomic E-state index is 14.2. The third-order valence-corrected chi connectivity index (χ3v) is 4.38. The Kier molecular flexibility index (Phi) is 4.57. The Morgan fingerprint density at radius 1 is 1.11 bits per heavy atom. The molecule has 7 heteroatoms. The van der Waals surface area contributed by atoms with Crippen molar-refractivity contribution in [3.05, 3.63) is 83.1 Å². The molecule has 0 saturated carbocycles. The first kappa shape index (κ1) is 17.8. The van der Waals surface area contributed by atoms with Crippen LogP contribution in [-0.2, 0) is 6.54 Å². The number of nitrogens with one attached hydrogen (secondary N) is 1. The highest BCUT2D eigenvalue weighted by molar-refractivity contribution is 6.06. The summed E-state index contributed by atoms with van der Waals surface area (Å²) >= 11 is 0. The van der Waals surface area contributed by atoms with Crippen LogP contribution < -0.4 is 5.32 Å². The number of carbonyl (C=O) groups is 1. The second-order valence-electron chi connectivity index (χ2n) is 6.29. The molecular weight excluding hydrogens is 364 g/mol. The van der Waals surface area contributed by atoms with E-state index in [0.29, 0.717) is 11.1 Å². The molecule has 0 fully saturated rings. The van der Waals surface area contributed by atoms with Gasteiger partial charge in [-0.15, -0.1) is 0 Å². The molecule has 0 unspecified atom stereocenters. The Morgan fingerprint density at radius 3 is 2.61 bits per heavy atom. The molecule has 0 atom stereocenters. The maximum absolute atomic E-state index is 14.2. The molecule has 2 aromatic carbocycles. The molecule has 1 amide bonds. The summed E-state index contributed by atoms with van der Waals surface area (Å²) in [4.78, 5) is 17.1. The number of fused-ring (bicyclic) bond motifs is 1. The molecule has 4 rings (SSSR count). The number of nitrogens with zero attached hydrogens (tertiary/aromatic N) is 2. The molecule has 0 aliphatic carbocycles. The van der Waals surface area contributed by atoms with Gasteiger partial charge >= 0.3 is 0 Å². The number of hydrogen-bond donors (Lipinski definition) is 1. The molecule has 0 aliphatic heterocycles. The number of aryl methyl sites for hydroxylation is 1. The predicted molar refractivity (Wildman–Crippen MR) is 99.5 cm³/mol. The number of amides is 1. The number of carbonyl (C=O) groups excluding carboxylic acids is 1. The Balaban J connectivity index is 1.72. The van der Waals surface area contributed by atoms with Crippen molar-refractivity contribution >= 4 is 17.0 Å². The van der Waals surface area contributed by atoms with Crippen molar-refractivity contribution in [2.24, 2.45) is 0 Å². The summed E-state index contributed by atoms with van der Waals surface area (Å²) in [6.45, 7) is 1.91. The minimum Gasteiger partial charge on any atom is -0.348 e. The van der Waals surface area contributed by atoms with Crippen LogP contribution in [0.25, 0.3) is 22.4 Å². The number of hydrogen-bond acceptors (Lipinski definition) is 4. The van der Waals surface area contributed by atoms with E-state index >= 15 is 0 Å². The first-order valence-electron chi connectivity index (χ1n) is 8.57. The highest BCUT2D eigenvalue weighted by Gasteiger charge is 2.20. The van der Waals surface area contributed by atoms with Gasteiger partial charge in [-0.1, -0.05) is 29.4 Å². The standard InChI is InChI=1S/C21H15F2N3O2/c1-12-19-16(20(27)24-11-13-6-8-14(22)9-7-13)10-18(25-21(19)28-26-12)15-4-2-3-5-17(15)23/h2-10H,11H2,1H3,(H,24,27). The molecule has 2 aromatic heterocycles. The van der Waals surface area contributed by atoms with E-state index in [4.69, 9.17) is 4.52 Å². The average Bonchev–Trinajstić information content (AvgIpc) is 3.08. The largest absolute Gasteiger partial charge is 0.348 e. The molecule has 0 spiro atoms. The molecule has 0 saturated heterocycles. The second kappa shape index (κ2) is 7.19. The summed E-state index contributed by atoms with van der Waals surface area (Å²) in [6, 6.07) is 13.5. The lowest BCUT2D eigenvalue weighted by Crippen LogP contribution is -2.23. The van der Waals surface area contributed by atoms with Crippen LogP contribution in [0.2, 0.25) is 0 Å². The highest BCUT2D eigenvalue weighted by atomic mass is 19.1. The van der Waals surface area contributed by atoms with Gasteiger partial charge in [-0.25, -0.2) is 13.8 Å². The van der Waals surface area contributed by atoms with Gasteiger partial charge in [-0.3, -0.25) is 4.79 Å². The van der Waals surface area contributed by atoms with Crippen LogP contribution in [0, 0.1) is 18.6 Å². The SMILES string of the molecule is Cc1noc2nc(-c3ccccc3F)cc(C(=O)NCc3ccc(F)cc3)c12. The van der Waals surface area contributed by atoms with Gasteiger partial charge in [0, 0.05) is 12.1 Å². The topological polar surface area (TPSA) is 68.0 Å². The molecule has 5 nitrogen and oxygen atoms in total. The first-order valence-corrected chi connectivity index (χ1v) is 8.57. The summed E-state index contributed by atoms with van der Waals surface area (Å²) in [5.41, 5.74) is 2.22. The van der Waals surface area contributed by atoms with Crippen molar-refractivity contribution in [3.63, 3.8) is 0 Å². The van der Waals surface area contributed by atoms with Crippen molar-refractivity contribution in [2.75, 3.05) is 0 Å².